The first-order valence-corrected chi connectivity index (χ1v) is 5.97. The van der Waals surface area contributed by atoms with Gasteiger partial charge in [0.2, 0.25) is 0 Å². The molecule has 0 saturated carbocycles. The predicted octanol–water partition coefficient (Wildman–Crippen LogP) is 3.15. The summed E-state index contributed by atoms with van der Waals surface area (Å²) in [4.78, 5) is 2.27. The summed E-state index contributed by atoms with van der Waals surface area (Å²) < 4.78 is 5.37. The molecule has 0 radical (unpaired) electrons. The Morgan fingerprint density at radius 2 is 2.06 bits per heavy atom. The van der Waals surface area contributed by atoms with Crippen LogP contribution in [0.3, 0.4) is 0 Å². The van der Waals surface area contributed by atoms with E-state index in [0.717, 1.165) is 35.8 Å². The minimum absolute atomic E-state index is 0.815. The van der Waals surface area contributed by atoms with E-state index in [1.807, 2.05) is 19.1 Å². The molecule has 0 atom stereocenters. The van der Waals surface area contributed by atoms with Crippen molar-refractivity contribution in [2.24, 2.45) is 0 Å². The fourth-order valence-corrected chi connectivity index (χ4v) is 1.74. The van der Waals surface area contributed by atoms with Crippen molar-refractivity contribution in [3.63, 3.8) is 0 Å². The quantitative estimate of drug-likeness (QED) is 0.785. The Bertz CT molecular complexity index is 352. The summed E-state index contributed by atoms with van der Waals surface area (Å²) in [6, 6.07) is 4.02. The number of hydrogen-bond donors (Lipinski definition) is 0. The number of likely N-dealkylation sites (N-methyl/N-ethyl adjacent to an activating group) is 1. The number of halogens is 1. The van der Waals surface area contributed by atoms with E-state index in [9.17, 15) is 0 Å². The maximum atomic E-state index is 6.12. The lowest BCUT2D eigenvalue weighted by molar-refractivity contribution is 0.352. The van der Waals surface area contributed by atoms with Crippen LogP contribution in [0.1, 0.15) is 18.1 Å². The van der Waals surface area contributed by atoms with E-state index < -0.39 is 0 Å². The molecule has 0 aliphatic rings. The fourth-order valence-electron chi connectivity index (χ4n) is 1.55. The van der Waals surface area contributed by atoms with Gasteiger partial charge in [0.05, 0.1) is 7.11 Å². The lowest BCUT2D eigenvalue weighted by Crippen LogP contribution is -2.20. The maximum Gasteiger partial charge on any atom is 0.122 e. The molecule has 1 rings (SSSR count). The molecule has 2 nitrogen and oxygen atoms in total. The van der Waals surface area contributed by atoms with Gasteiger partial charge in [-0.05, 0) is 50.2 Å². The minimum Gasteiger partial charge on any atom is -0.496 e. The van der Waals surface area contributed by atoms with Crippen LogP contribution in [-0.4, -0.2) is 32.1 Å². The van der Waals surface area contributed by atoms with Crippen LogP contribution in [0.4, 0.5) is 0 Å². The predicted molar refractivity (Wildman–Crippen MR) is 69.6 cm³/mol. The second-order valence-electron chi connectivity index (χ2n) is 4.06. The molecule has 0 aliphatic carbocycles. The molecule has 0 heterocycles. The number of methoxy groups -OCH3 is 1. The lowest BCUT2D eigenvalue weighted by Gasteiger charge is -2.16. The first-order valence-electron chi connectivity index (χ1n) is 5.60. The van der Waals surface area contributed by atoms with Gasteiger partial charge in [0.1, 0.15) is 5.75 Å². The Kier molecular flexibility index (Phi) is 5.10. The third-order valence-electron chi connectivity index (χ3n) is 2.86. The standard InChI is InChI=1S/C13H20ClNO/c1-5-15(3)7-6-11-9-12(14)10(2)8-13(11)16-4/h8-9H,5-7H2,1-4H3. The number of ether oxygens (including phenoxy) is 1. The summed E-state index contributed by atoms with van der Waals surface area (Å²) in [7, 11) is 3.82. The van der Waals surface area contributed by atoms with Crippen LogP contribution in [0.2, 0.25) is 5.02 Å². The summed E-state index contributed by atoms with van der Waals surface area (Å²) >= 11 is 6.12. The molecule has 1 aromatic carbocycles. The first kappa shape index (κ1) is 13.3. The van der Waals surface area contributed by atoms with E-state index in [4.69, 9.17) is 16.3 Å². The summed E-state index contributed by atoms with van der Waals surface area (Å²) in [5.41, 5.74) is 2.24. The maximum absolute atomic E-state index is 6.12. The van der Waals surface area contributed by atoms with Crippen LogP contribution < -0.4 is 4.74 Å². The van der Waals surface area contributed by atoms with Crippen LogP contribution in [-0.2, 0) is 6.42 Å². The van der Waals surface area contributed by atoms with E-state index in [2.05, 4.69) is 18.9 Å². The van der Waals surface area contributed by atoms with Crippen LogP contribution in [0.25, 0.3) is 0 Å². The van der Waals surface area contributed by atoms with E-state index in [1.54, 1.807) is 7.11 Å². The van der Waals surface area contributed by atoms with Crippen LogP contribution in [0, 0.1) is 6.92 Å². The van der Waals surface area contributed by atoms with E-state index in [-0.39, 0.29) is 0 Å². The van der Waals surface area contributed by atoms with Gasteiger partial charge in [0, 0.05) is 11.6 Å². The largest absolute Gasteiger partial charge is 0.496 e. The molecule has 0 bridgehead atoms. The van der Waals surface area contributed by atoms with Gasteiger partial charge >= 0.3 is 0 Å². The van der Waals surface area contributed by atoms with Crippen LogP contribution in [0.15, 0.2) is 12.1 Å². The van der Waals surface area contributed by atoms with Crippen LogP contribution >= 0.6 is 11.6 Å². The normalized spacial score (nSPS) is 10.9. The molecule has 3 heteroatoms. The molecule has 0 saturated heterocycles. The van der Waals surface area contributed by atoms with Gasteiger partial charge in [0.25, 0.3) is 0 Å². The number of nitrogens with zero attached hydrogens (tertiary/aromatic N) is 1. The molecule has 1 aromatic rings. The Morgan fingerprint density at radius 3 is 2.62 bits per heavy atom. The Hall–Kier alpha value is -0.730. The van der Waals surface area contributed by atoms with Crippen LogP contribution in [0.5, 0.6) is 5.75 Å². The summed E-state index contributed by atoms with van der Waals surface area (Å²) in [5.74, 6) is 0.936. The molecule has 0 aromatic heterocycles. The zero-order valence-corrected chi connectivity index (χ0v) is 11.3. The highest BCUT2D eigenvalue weighted by molar-refractivity contribution is 6.31. The molecule has 0 unspecified atom stereocenters. The van der Waals surface area contributed by atoms with Crippen molar-refractivity contribution < 1.29 is 4.74 Å². The fraction of sp³-hybridized carbons (Fsp3) is 0.538. The average molecular weight is 242 g/mol. The van der Waals surface area contributed by atoms with E-state index in [0.29, 0.717) is 0 Å². The van der Waals surface area contributed by atoms with Gasteiger partial charge in [-0.2, -0.15) is 0 Å². The minimum atomic E-state index is 0.815. The van der Waals surface area contributed by atoms with Gasteiger partial charge in [-0.1, -0.05) is 18.5 Å². The van der Waals surface area contributed by atoms with Crippen molar-refractivity contribution in [2.45, 2.75) is 20.3 Å². The molecule has 0 amide bonds. The number of rotatable bonds is 5. The molecule has 0 N–H and O–H groups in total. The van der Waals surface area contributed by atoms with Gasteiger partial charge < -0.3 is 9.64 Å². The Morgan fingerprint density at radius 1 is 1.38 bits per heavy atom. The van der Waals surface area contributed by atoms with Crippen molar-refractivity contribution in [2.75, 3.05) is 27.2 Å². The average Bonchev–Trinajstić information content (AvgIpc) is 2.29. The third-order valence-corrected chi connectivity index (χ3v) is 3.27. The van der Waals surface area contributed by atoms with Gasteiger partial charge in [0.15, 0.2) is 0 Å². The number of aryl methyl sites for hydroxylation is 1. The molecule has 0 spiro atoms. The monoisotopic (exact) mass is 241 g/mol. The van der Waals surface area contributed by atoms with Crippen molar-refractivity contribution in [1.82, 2.24) is 4.90 Å². The second kappa shape index (κ2) is 6.12. The number of benzene rings is 1. The zero-order chi connectivity index (χ0) is 12.1. The van der Waals surface area contributed by atoms with Gasteiger partial charge in [-0.25, -0.2) is 0 Å². The molecule has 90 valence electrons. The number of hydrogen-bond acceptors (Lipinski definition) is 2. The summed E-state index contributed by atoms with van der Waals surface area (Å²) in [6.45, 7) is 6.22. The van der Waals surface area contributed by atoms with Gasteiger partial charge in [-0.15, -0.1) is 0 Å². The van der Waals surface area contributed by atoms with Crippen molar-refractivity contribution in [1.29, 1.82) is 0 Å². The Balaban J connectivity index is 2.81. The summed E-state index contributed by atoms with van der Waals surface area (Å²) in [6.07, 6.45) is 0.966. The summed E-state index contributed by atoms with van der Waals surface area (Å²) in [5, 5.41) is 0.815. The molecular weight excluding hydrogens is 222 g/mol. The van der Waals surface area contributed by atoms with Crippen molar-refractivity contribution >= 4 is 11.6 Å². The topological polar surface area (TPSA) is 12.5 Å². The molecule has 0 aliphatic heterocycles. The highest BCUT2D eigenvalue weighted by atomic mass is 35.5. The highest BCUT2D eigenvalue weighted by Crippen LogP contribution is 2.26. The SMILES string of the molecule is CCN(C)CCc1cc(Cl)c(C)cc1OC. The zero-order valence-electron chi connectivity index (χ0n) is 10.5. The lowest BCUT2D eigenvalue weighted by atomic mass is 10.1. The van der Waals surface area contributed by atoms with E-state index >= 15 is 0 Å². The third kappa shape index (κ3) is 3.39. The molecular formula is C13H20ClNO. The first-order chi connectivity index (χ1) is 7.58. The second-order valence-corrected chi connectivity index (χ2v) is 4.47. The smallest absolute Gasteiger partial charge is 0.122 e. The van der Waals surface area contributed by atoms with Crippen molar-refractivity contribution in [3.8, 4) is 5.75 Å². The Labute approximate surface area is 103 Å². The van der Waals surface area contributed by atoms with Gasteiger partial charge in [-0.3, -0.25) is 0 Å². The highest BCUT2D eigenvalue weighted by Gasteiger charge is 2.07. The molecule has 16 heavy (non-hydrogen) atoms. The van der Waals surface area contributed by atoms with E-state index in [1.165, 1.54) is 5.56 Å². The van der Waals surface area contributed by atoms with Crippen molar-refractivity contribution in [3.05, 3.63) is 28.3 Å². The molecule has 0 fully saturated rings.